The van der Waals surface area contributed by atoms with Gasteiger partial charge in [-0.2, -0.15) is 0 Å². The van der Waals surface area contributed by atoms with Crippen LogP contribution in [0.1, 0.15) is 17.5 Å². The minimum absolute atomic E-state index is 0.0338. The molecule has 0 radical (unpaired) electrons. The average Bonchev–Trinajstić information content (AvgIpc) is 3.14. The molecule has 5 rings (SSSR count). The zero-order valence-corrected chi connectivity index (χ0v) is 21.1. The van der Waals surface area contributed by atoms with Crippen LogP contribution in [0.5, 0.6) is 5.75 Å². The monoisotopic (exact) mass is 492 g/mol. The fourth-order valence-corrected chi connectivity index (χ4v) is 5.41. The molecular weight excluding hydrogens is 456 g/mol. The van der Waals surface area contributed by atoms with E-state index in [1.54, 1.807) is 12.0 Å². The summed E-state index contributed by atoms with van der Waals surface area (Å²) in [7, 11) is 1.62. The van der Waals surface area contributed by atoms with Crippen LogP contribution >= 0.6 is 0 Å². The molecule has 0 spiro atoms. The first-order chi connectivity index (χ1) is 17.6. The van der Waals surface area contributed by atoms with Crippen molar-refractivity contribution in [3.8, 4) is 5.75 Å². The molecule has 0 saturated carbocycles. The molecule has 0 aliphatic carbocycles. The molecule has 1 atom stereocenters. The number of likely N-dealkylation sites (tertiary alicyclic amines) is 1. The number of ether oxygens (including phenoxy) is 2. The molecule has 8 heteroatoms. The van der Waals surface area contributed by atoms with Crippen molar-refractivity contribution in [2.24, 2.45) is 5.92 Å². The number of anilines is 1. The second-order valence-corrected chi connectivity index (χ2v) is 9.88. The maximum absolute atomic E-state index is 13.3. The van der Waals surface area contributed by atoms with Crippen molar-refractivity contribution in [3.05, 3.63) is 59.7 Å². The maximum atomic E-state index is 13.3. The number of carbonyl (C=O) groups is 2. The highest BCUT2D eigenvalue weighted by molar-refractivity contribution is 5.89. The molecule has 2 fully saturated rings. The number of rotatable bonds is 7. The number of piperazine rings is 1. The quantitative estimate of drug-likeness (QED) is 0.591. The van der Waals surface area contributed by atoms with E-state index >= 15 is 0 Å². The third-order valence-corrected chi connectivity index (χ3v) is 7.45. The topological polar surface area (TPSA) is 65.6 Å². The Morgan fingerprint density at radius 3 is 2.64 bits per heavy atom. The van der Waals surface area contributed by atoms with Crippen LogP contribution in [0.2, 0.25) is 0 Å². The van der Waals surface area contributed by atoms with Crippen LogP contribution in [0.25, 0.3) is 0 Å². The van der Waals surface area contributed by atoms with Gasteiger partial charge in [0.15, 0.2) is 0 Å². The number of fused-ring (bicyclic) bond motifs is 1. The van der Waals surface area contributed by atoms with E-state index in [0.29, 0.717) is 39.4 Å². The summed E-state index contributed by atoms with van der Waals surface area (Å²) in [6.45, 7) is 7.97. The molecule has 0 bridgehead atoms. The van der Waals surface area contributed by atoms with Gasteiger partial charge in [0.05, 0.1) is 19.1 Å². The second-order valence-electron chi connectivity index (χ2n) is 9.88. The lowest BCUT2D eigenvalue weighted by molar-refractivity contribution is -0.136. The predicted molar refractivity (Wildman–Crippen MR) is 138 cm³/mol. The number of hydrogen-bond acceptors (Lipinski definition) is 6. The van der Waals surface area contributed by atoms with Crippen LogP contribution in [0.4, 0.5) is 5.69 Å². The van der Waals surface area contributed by atoms with E-state index in [-0.39, 0.29) is 24.2 Å². The molecule has 0 aromatic heterocycles. The highest BCUT2D eigenvalue weighted by Gasteiger charge is 2.37. The van der Waals surface area contributed by atoms with Gasteiger partial charge >= 0.3 is 0 Å². The molecule has 2 aromatic rings. The van der Waals surface area contributed by atoms with E-state index in [4.69, 9.17) is 9.47 Å². The Morgan fingerprint density at radius 2 is 1.86 bits per heavy atom. The van der Waals surface area contributed by atoms with Gasteiger partial charge in [-0.1, -0.05) is 24.3 Å². The van der Waals surface area contributed by atoms with Crippen molar-refractivity contribution < 1.29 is 19.1 Å². The molecule has 2 amide bonds. The molecule has 3 aliphatic rings. The number of hydrogen-bond donors (Lipinski definition) is 0. The Bertz CT molecular complexity index is 1050. The van der Waals surface area contributed by atoms with Gasteiger partial charge in [-0.25, -0.2) is 0 Å². The lowest BCUT2D eigenvalue weighted by Gasteiger charge is -2.36. The van der Waals surface area contributed by atoms with Crippen LogP contribution in [-0.4, -0.2) is 92.7 Å². The minimum Gasteiger partial charge on any atom is -0.491 e. The molecule has 8 nitrogen and oxygen atoms in total. The highest BCUT2D eigenvalue weighted by Crippen LogP contribution is 2.28. The molecule has 0 N–H and O–H groups in total. The first kappa shape index (κ1) is 24.6. The van der Waals surface area contributed by atoms with Gasteiger partial charge in [-0.3, -0.25) is 14.5 Å². The molecule has 0 unspecified atom stereocenters. The number of nitrogens with zero attached hydrogens (tertiary/aromatic N) is 4. The van der Waals surface area contributed by atoms with E-state index in [1.807, 2.05) is 11.0 Å². The van der Waals surface area contributed by atoms with Gasteiger partial charge < -0.3 is 24.2 Å². The Morgan fingerprint density at radius 1 is 1.06 bits per heavy atom. The Balaban J connectivity index is 1.19. The summed E-state index contributed by atoms with van der Waals surface area (Å²) in [5, 5.41) is 0. The zero-order valence-electron chi connectivity index (χ0n) is 21.1. The fraction of sp³-hybridized carbons (Fsp3) is 0.500. The number of methoxy groups -OCH3 is 1. The van der Waals surface area contributed by atoms with Crippen molar-refractivity contribution in [3.63, 3.8) is 0 Å². The molecular formula is C28H36N4O4. The van der Waals surface area contributed by atoms with Gasteiger partial charge in [0.25, 0.3) is 0 Å². The van der Waals surface area contributed by atoms with Gasteiger partial charge in [-0.15, -0.1) is 0 Å². The second kappa shape index (κ2) is 11.3. The summed E-state index contributed by atoms with van der Waals surface area (Å²) in [6, 6.07) is 17.0. The van der Waals surface area contributed by atoms with Crippen LogP contribution < -0.4 is 9.64 Å². The number of amides is 2. The Labute approximate surface area is 213 Å². The first-order valence-electron chi connectivity index (χ1n) is 12.9. The first-order valence-corrected chi connectivity index (χ1v) is 12.9. The number of para-hydroxylation sites is 1. The summed E-state index contributed by atoms with van der Waals surface area (Å²) in [5.74, 6) is 0.640. The molecule has 192 valence electrons. The highest BCUT2D eigenvalue weighted by atomic mass is 16.5. The van der Waals surface area contributed by atoms with Gasteiger partial charge in [0, 0.05) is 77.1 Å². The SMILES string of the molecule is COCCN1C[C@H](C(=O)N2CCOc3ccc(CN4CCN(c5ccccc5)CC4)cc3C2)CC1=O. The van der Waals surface area contributed by atoms with E-state index in [9.17, 15) is 9.59 Å². The third kappa shape index (κ3) is 5.65. The van der Waals surface area contributed by atoms with Crippen molar-refractivity contribution in [1.82, 2.24) is 14.7 Å². The summed E-state index contributed by atoms with van der Waals surface area (Å²) in [5.41, 5.74) is 3.57. The summed E-state index contributed by atoms with van der Waals surface area (Å²) in [4.78, 5) is 34.2. The van der Waals surface area contributed by atoms with Crippen molar-refractivity contribution in [2.45, 2.75) is 19.5 Å². The van der Waals surface area contributed by atoms with Crippen molar-refractivity contribution in [1.29, 1.82) is 0 Å². The summed E-state index contributed by atoms with van der Waals surface area (Å²) < 4.78 is 11.1. The summed E-state index contributed by atoms with van der Waals surface area (Å²) in [6.07, 6.45) is 0.280. The standard InChI is InChI=1S/C28H36N4O4/c1-35-15-13-31-21-24(18-27(31)33)28(34)32-14-16-36-26-8-7-22(17-23(26)20-32)19-29-9-11-30(12-10-29)25-5-3-2-4-6-25/h2-8,17,24H,9-16,18-21H2,1H3/t24-/m1/s1. The lowest BCUT2D eigenvalue weighted by Crippen LogP contribution is -2.45. The average molecular weight is 493 g/mol. The molecule has 36 heavy (non-hydrogen) atoms. The number of benzene rings is 2. The van der Waals surface area contributed by atoms with E-state index < -0.39 is 0 Å². The van der Waals surface area contributed by atoms with Crippen molar-refractivity contribution >= 4 is 17.5 Å². The third-order valence-electron chi connectivity index (χ3n) is 7.45. The minimum atomic E-state index is -0.292. The van der Waals surface area contributed by atoms with E-state index in [1.165, 1.54) is 11.3 Å². The van der Waals surface area contributed by atoms with E-state index in [0.717, 1.165) is 44.0 Å². The Hall–Kier alpha value is -3.10. The Kier molecular flexibility index (Phi) is 7.72. The predicted octanol–water partition coefficient (Wildman–Crippen LogP) is 2.22. The number of carbonyl (C=O) groups excluding carboxylic acids is 2. The van der Waals surface area contributed by atoms with Crippen LogP contribution in [0, 0.1) is 5.92 Å². The smallest absolute Gasteiger partial charge is 0.228 e. The van der Waals surface area contributed by atoms with Crippen LogP contribution in [-0.2, 0) is 27.4 Å². The van der Waals surface area contributed by atoms with Gasteiger partial charge in [0.1, 0.15) is 12.4 Å². The normalized spacial score (nSPS) is 20.8. The van der Waals surface area contributed by atoms with Gasteiger partial charge in [-0.05, 0) is 29.8 Å². The lowest BCUT2D eigenvalue weighted by atomic mass is 10.1. The fourth-order valence-electron chi connectivity index (χ4n) is 5.41. The van der Waals surface area contributed by atoms with E-state index in [2.05, 4.69) is 52.3 Å². The molecule has 3 heterocycles. The molecule has 3 aliphatic heterocycles. The van der Waals surface area contributed by atoms with Crippen molar-refractivity contribution in [2.75, 3.05) is 71.0 Å². The largest absolute Gasteiger partial charge is 0.491 e. The van der Waals surface area contributed by atoms with Gasteiger partial charge in [0.2, 0.25) is 11.8 Å². The zero-order chi connectivity index (χ0) is 24.9. The van der Waals surface area contributed by atoms with Crippen LogP contribution in [0.15, 0.2) is 48.5 Å². The molecule has 2 aromatic carbocycles. The maximum Gasteiger partial charge on any atom is 0.228 e. The summed E-state index contributed by atoms with van der Waals surface area (Å²) >= 11 is 0. The molecule has 2 saturated heterocycles. The van der Waals surface area contributed by atoms with Crippen LogP contribution in [0.3, 0.4) is 0 Å².